The molecule has 1 aromatic rings. The minimum atomic E-state index is 0.741. The van der Waals surface area contributed by atoms with Crippen LogP contribution in [0.15, 0.2) is 24.3 Å². The Morgan fingerprint density at radius 1 is 0.941 bits per heavy atom. The van der Waals surface area contributed by atoms with E-state index >= 15 is 0 Å². The van der Waals surface area contributed by atoms with Gasteiger partial charge in [0.15, 0.2) is 0 Å². The number of rotatable bonds is 6. The summed E-state index contributed by atoms with van der Waals surface area (Å²) < 4.78 is 5.17. The Morgan fingerprint density at radius 3 is 2.00 bits per heavy atom. The smallest absolute Gasteiger partial charge is 0.118 e. The number of hydrogen-bond donors (Lipinski definition) is 0. The first kappa shape index (κ1) is 14.1. The second-order valence-corrected chi connectivity index (χ2v) is 5.64. The van der Waals surface area contributed by atoms with E-state index in [2.05, 4.69) is 52.0 Å². The molecule has 0 aliphatic rings. The standard InChI is InChI=1S/C16H26O/c1-12(2)10-13(3)14(4)11-15-6-8-16(17-5)9-7-15/h6-9,12-14H,10-11H2,1-5H3/t13-,14?/m1/s1. The lowest BCUT2D eigenvalue weighted by Gasteiger charge is -2.21. The zero-order chi connectivity index (χ0) is 12.8. The summed E-state index contributed by atoms with van der Waals surface area (Å²) in [7, 11) is 1.71. The van der Waals surface area contributed by atoms with Crippen molar-refractivity contribution in [1.29, 1.82) is 0 Å². The summed E-state index contributed by atoms with van der Waals surface area (Å²) in [6.45, 7) is 9.33. The first-order chi connectivity index (χ1) is 8.02. The Hall–Kier alpha value is -0.980. The molecule has 0 saturated carbocycles. The topological polar surface area (TPSA) is 9.23 Å². The monoisotopic (exact) mass is 234 g/mol. The molecule has 0 bridgehead atoms. The molecule has 96 valence electrons. The van der Waals surface area contributed by atoms with Gasteiger partial charge < -0.3 is 4.74 Å². The quantitative estimate of drug-likeness (QED) is 0.701. The third-order valence-electron chi connectivity index (χ3n) is 3.53. The van der Waals surface area contributed by atoms with E-state index in [1.165, 1.54) is 12.0 Å². The second kappa shape index (κ2) is 6.68. The van der Waals surface area contributed by atoms with Crippen LogP contribution in [0.5, 0.6) is 5.75 Å². The van der Waals surface area contributed by atoms with Crippen molar-refractivity contribution in [3.8, 4) is 5.75 Å². The highest BCUT2D eigenvalue weighted by atomic mass is 16.5. The van der Waals surface area contributed by atoms with Crippen LogP contribution in [0, 0.1) is 17.8 Å². The second-order valence-electron chi connectivity index (χ2n) is 5.64. The van der Waals surface area contributed by atoms with E-state index in [0.717, 1.165) is 29.9 Å². The number of hydrogen-bond acceptors (Lipinski definition) is 1. The van der Waals surface area contributed by atoms with Crippen LogP contribution < -0.4 is 4.74 Å². The van der Waals surface area contributed by atoms with Crippen molar-refractivity contribution in [2.75, 3.05) is 7.11 Å². The van der Waals surface area contributed by atoms with Crippen LogP contribution in [0.3, 0.4) is 0 Å². The van der Waals surface area contributed by atoms with Crippen molar-refractivity contribution in [2.24, 2.45) is 17.8 Å². The molecule has 0 N–H and O–H groups in total. The molecule has 0 aliphatic heterocycles. The first-order valence-electron chi connectivity index (χ1n) is 6.65. The van der Waals surface area contributed by atoms with Crippen molar-refractivity contribution in [3.05, 3.63) is 29.8 Å². The van der Waals surface area contributed by atoms with E-state index in [0.29, 0.717) is 0 Å². The minimum absolute atomic E-state index is 0.741. The first-order valence-corrected chi connectivity index (χ1v) is 6.65. The third kappa shape index (κ3) is 4.80. The molecule has 0 spiro atoms. The molecule has 0 amide bonds. The van der Waals surface area contributed by atoms with Gasteiger partial charge >= 0.3 is 0 Å². The molecule has 0 aliphatic carbocycles. The molecule has 0 radical (unpaired) electrons. The fraction of sp³-hybridized carbons (Fsp3) is 0.625. The third-order valence-corrected chi connectivity index (χ3v) is 3.53. The number of methoxy groups -OCH3 is 1. The highest BCUT2D eigenvalue weighted by molar-refractivity contribution is 5.27. The molecule has 1 rings (SSSR count). The van der Waals surface area contributed by atoms with Crippen LogP contribution in [0.2, 0.25) is 0 Å². The van der Waals surface area contributed by atoms with Gasteiger partial charge in [-0.05, 0) is 48.3 Å². The summed E-state index contributed by atoms with van der Waals surface area (Å²) in [6, 6.07) is 8.46. The molecule has 1 nitrogen and oxygen atoms in total. The Bertz CT molecular complexity index is 313. The van der Waals surface area contributed by atoms with E-state index in [9.17, 15) is 0 Å². The van der Waals surface area contributed by atoms with Gasteiger partial charge in [-0.3, -0.25) is 0 Å². The van der Waals surface area contributed by atoms with Crippen molar-refractivity contribution in [1.82, 2.24) is 0 Å². The molecule has 0 saturated heterocycles. The predicted molar refractivity (Wildman–Crippen MR) is 74.5 cm³/mol. The van der Waals surface area contributed by atoms with Gasteiger partial charge in [0.05, 0.1) is 7.11 Å². The number of benzene rings is 1. The SMILES string of the molecule is COc1ccc(CC(C)[C@H](C)CC(C)C)cc1. The summed E-state index contributed by atoms with van der Waals surface area (Å²) in [4.78, 5) is 0. The zero-order valence-electron chi connectivity index (χ0n) is 11.9. The van der Waals surface area contributed by atoms with Gasteiger partial charge in [-0.25, -0.2) is 0 Å². The van der Waals surface area contributed by atoms with Crippen LogP contribution in [-0.2, 0) is 6.42 Å². The lowest BCUT2D eigenvalue weighted by atomic mass is 9.84. The molecule has 1 heteroatoms. The van der Waals surface area contributed by atoms with Gasteiger partial charge in [-0.2, -0.15) is 0 Å². The van der Waals surface area contributed by atoms with E-state index in [1.54, 1.807) is 7.11 Å². The molecule has 1 aromatic carbocycles. The fourth-order valence-electron chi connectivity index (χ4n) is 2.31. The maximum atomic E-state index is 5.17. The highest BCUT2D eigenvalue weighted by Gasteiger charge is 2.14. The van der Waals surface area contributed by atoms with Crippen LogP contribution in [0.4, 0.5) is 0 Å². The molecule has 0 fully saturated rings. The van der Waals surface area contributed by atoms with Gasteiger partial charge in [-0.1, -0.05) is 39.8 Å². The molecule has 0 heterocycles. The average Bonchev–Trinajstić information content (AvgIpc) is 2.29. The Balaban J connectivity index is 2.51. The number of ether oxygens (including phenoxy) is 1. The molecule has 0 aromatic heterocycles. The zero-order valence-corrected chi connectivity index (χ0v) is 11.9. The van der Waals surface area contributed by atoms with Gasteiger partial charge in [-0.15, -0.1) is 0 Å². The molecular weight excluding hydrogens is 208 g/mol. The van der Waals surface area contributed by atoms with Crippen molar-refractivity contribution in [2.45, 2.75) is 40.5 Å². The summed E-state index contributed by atoms with van der Waals surface area (Å²) >= 11 is 0. The lowest BCUT2D eigenvalue weighted by Crippen LogP contribution is -2.13. The minimum Gasteiger partial charge on any atom is -0.497 e. The van der Waals surface area contributed by atoms with E-state index in [-0.39, 0.29) is 0 Å². The lowest BCUT2D eigenvalue weighted by molar-refractivity contribution is 0.322. The van der Waals surface area contributed by atoms with E-state index < -0.39 is 0 Å². The van der Waals surface area contributed by atoms with Gasteiger partial charge in [0.2, 0.25) is 0 Å². The van der Waals surface area contributed by atoms with Crippen LogP contribution >= 0.6 is 0 Å². The molecular formula is C16H26O. The summed E-state index contributed by atoms with van der Waals surface area (Å²) in [5.41, 5.74) is 1.41. The van der Waals surface area contributed by atoms with Gasteiger partial charge in [0.1, 0.15) is 5.75 Å². The summed E-state index contributed by atoms with van der Waals surface area (Å²) in [5, 5.41) is 0. The summed E-state index contributed by atoms with van der Waals surface area (Å²) in [5.74, 6) is 3.27. The van der Waals surface area contributed by atoms with E-state index in [4.69, 9.17) is 4.74 Å². The average molecular weight is 234 g/mol. The fourth-order valence-corrected chi connectivity index (χ4v) is 2.31. The molecule has 2 atom stereocenters. The summed E-state index contributed by atoms with van der Waals surface area (Å²) in [6.07, 6.45) is 2.48. The van der Waals surface area contributed by atoms with Crippen LogP contribution in [-0.4, -0.2) is 7.11 Å². The van der Waals surface area contributed by atoms with Gasteiger partial charge in [0, 0.05) is 0 Å². The van der Waals surface area contributed by atoms with Crippen molar-refractivity contribution in [3.63, 3.8) is 0 Å². The molecule has 1 unspecified atom stereocenters. The van der Waals surface area contributed by atoms with Crippen LogP contribution in [0.25, 0.3) is 0 Å². The van der Waals surface area contributed by atoms with Crippen molar-refractivity contribution >= 4 is 0 Å². The van der Waals surface area contributed by atoms with Crippen LogP contribution in [0.1, 0.15) is 39.7 Å². The van der Waals surface area contributed by atoms with E-state index in [1.807, 2.05) is 0 Å². The Labute approximate surface area is 106 Å². The molecule has 17 heavy (non-hydrogen) atoms. The van der Waals surface area contributed by atoms with Gasteiger partial charge in [0.25, 0.3) is 0 Å². The Kier molecular flexibility index (Phi) is 5.54. The Morgan fingerprint density at radius 2 is 1.53 bits per heavy atom. The maximum Gasteiger partial charge on any atom is 0.118 e. The normalized spacial score (nSPS) is 14.7. The highest BCUT2D eigenvalue weighted by Crippen LogP contribution is 2.24. The maximum absolute atomic E-state index is 5.17. The predicted octanol–water partition coefficient (Wildman–Crippen LogP) is 4.56. The van der Waals surface area contributed by atoms with Crippen molar-refractivity contribution < 1.29 is 4.74 Å². The largest absolute Gasteiger partial charge is 0.497 e.